The summed E-state index contributed by atoms with van der Waals surface area (Å²) in [5.41, 5.74) is 3.55. The molecule has 0 aliphatic rings. The molecule has 1 atom stereocenters. The fourth-order valence-corrected chi connectivity index (χ4v) is 3.92. The molecule has 0 aliphatic carbocycles. The molecule has 2 nitrogen and oxygen atoms in total. The number of imidazole rings is 1. The fourth-order valence-electron chi connectivity index (χ4n) is 2.85. The first-order valence-electron chi connectivity index (χ1n) is 7.31. The zero-order chi connectivity index (χ0) is 14.8. The molecule has 0 saturated carbocycles. The third-order valence-electron chi connectivity index (χ3n) is 3.81. The maximum absolute atomic E-state index is 5.99. The molecule has 0 spiro atoms. The van der Waals surface area contributed by atoms with Crippen LogP contribution in [0.15, 0.2) is 35.7 Å². The van der Waals surface area contributed by atoms with E-state index < -0.39 is 0 Å². The van der Waals surface area contributed by atoms with Gasteiger partial charge >= 0.3 is 0 Å². The van der Waals surface area contributed by atoms with Gasteiger partial charge in [-0.15, -0.1) is 22.9 Å². The maximum atomic E-state index is 5.99. The normalized spacial score (nSPS) is 12.9. The highest BCUT2D eigenvalue weighted by Crippen LogP contribution is 2.31. The molecule has 1 aromatic carbocycles. The number of aromatic nitrogens is 2. The number of hydrogen-bond donors (Lipinski definition) is 0. The molecular formula is C17H19ClN2S. The van der Waals surface area contributed by atoms with Gasteiger partial charge in [-0.2, -0.15) is 0 Å². The molecule has 0 amide bonds. The topological polar surface area (TPSA) is 17.8 Å². The van der Waals surface area contributed by atoms with E-state index in [-0.39, 0.29) is 0 Å². The minimum absolute atomic E-state index is 0.343. The van der Waals surface area contributed by atoms with Crippen LogP contribution in [0.3, 0.4) is 0 Å². The van der Waals surface area contributed by atoms with Gasteiger partial charge in [-0.3, -0.25) is 0 Å². The predicted octanol–water partition coefficient (Wildman–Crippen LogP) is 5.19. The summed E-state index contributed by atoms with van der Waals surface area (Å²) in [4.78, 5) is 6.19. The van der Waals surface area contributed by atoms with E-state index in [2.05, 4.69) is 54.1 Å². The van der Waals surface area contributed by atoms with Gasteiger partial charge in [-0.1, -0.05) is 19.1 Å². The third kappa shape index (κ3) is 2.72. The number of nitrogens with zero attached hydrogens (tertiary/aromatic N) is 2. The Balaban J connectivity index is 2.22. The van der Waals surface area contributed by atoms with Gasteiger partial charge in [0.1, 0.15) is 5.82 Å². The van der Waals surface area contributed by atoms with Crippen molar-refractivity contribution < 1.29 is 0 Å². The summed E-state index contributed by atoms with van der Waals surface area (Å²) < 4.78 is 2.39. The van der Waals surface area contributed by atoms with Crippen molar-refractivity contribution in [1.82, 2.24) is 9.55 Å². The second-order valence-electron chi connectivity index (χ2n) is 5.27. The van der Waals surface area contributed by atoms with E-state index in [1.807, 2.05) is 11.3 Å². The van der Waals surface area contributed by atoms with Crippen molar-refractivity contribution in [3.05, 3.63) is 52.0 Å². The molecule has 0 saturated heterocycles. The zero-order valence-electron chi connectivity index (χ0n) is 12.3. The largest absolute Gasteiger partial charge is 0.319 e. The van der Waals surface area contributed by atoms with Gasteiger partial charge in [-0.05, 0) is 42.5 Å². The van der Waals surface area contributed by atoms with Gasteiger partial charge in [0.25, 0.3) is 0 Å². The smallest absolute Gasteiger partial charge is 0.111 e. The lowest BCUT2D eigenvalue weighted by Crippen LogP contribution is -2.12. The van der Waals surface area contributed by atoms with Gasteiger partial charge in [0, 0.05) is 17.2 Å². The van der Waals surface area contributed by atoms with Crippen LogP contribution in [0.4, 0.5) is 0 Å². The maximum Gasteiger partial charge on any atom is 0.111 e. The molecule has 3 rings (SSSR count). The Morgan fingerprint density at radius 2 is 2.19 bits per heavy atom. The van der Waals surface area contributed by atoms with Crippen LogP contribution in [0.25, 0.3) is 11.0 Å². The SMILES string of the molecule is CCC(c1cccs1)n1c(CCCl)nc2ccc(C)cc21. The molecule has 0 bridgehead atoms. The first kappa shape index (κ1) is 14.6. The highest BCUT2D eigenvalue weighted by Gasteiger charge is 2.20. The number of halogens is 1. The number of benzene rings is 1. The Labute approximate surface area is 134 Å². The van der Waals surface area contributed by atoms with Crippen LogP contribution in [0.5, 0.6) is 0 Å². The van der Waals surface area contributed by atoms with Crippen molar-refractivity contribution in [1.29, 1.82) is 0 Å². The quantitative estimate of drug-likeness (QED) is 0.592. The van der Waals surface area contributed by atoms with Gasteiger partial charge in [0.05, 0.1) is 17.1 Å². The molecule has 4 heteroatoms. The van der Waals surface area contributed by atoms with Crippen LogP contribution < -0.4 is 0 Å². The Kier molecular flexibility index (Phi) is 4.32. The van der Waals surface area contributed by atoms with Crippen molar-refractivity contribution in [2.45, 2.75) is 32.7 Å². The second-order valence-corrected chi connectivity index (χ2v) is 6.63. The van der Waals surface area contributed by atoms with Crippen molar-refractivity contribution in [2.75, 3.05) is 5.88 Å². The Hall–Kier alpha value is -1.32. The molecule has 0 radical (unpaired) electrons. The third-order valence-corrected chi connectivity index (χ3v) is 4.97. The molecule has 0 fully saturated rings. The van der Waals surface area contributed by atoms with E-state index in [1.54, 1.807) is 0 Å². The lowest BCUT2D eigenvalue weighted by molar-refractivity contribution is 0.567. The van der Waals surface area contributed by atoms with Crippen molar-refractivity contribution >= 4 is 34.0 Å². The molecule has 2 aromatic heterocycles. The van der Waals surface area contributed by atoms with E-state index in [4.69, 9.17) is 16.6 Å². The van der Waals surface area contributed by atoms with E-state index in [0.717, 1.165) is 24.2 Å². The molecule has 0 aliphatic heterocycles. The predicted molar refractivity (Wildman–Crippen MR) is 91.6 cm³/mol. The van der Waals surface area contributed by atoms with Crippen LogP contribution >= 0.6 is 22.9 Å². The number of rotatable bonds is 5. The van der Waals surface area contributed by atoms with Crippen LogP contribution in [-0.2, 0) is 6.42 Å². The minimum Gasteiger partial charge on any atom is -0.319 e. The standard InChI is InChI=1S/C17H19ClN2S/c1-3-14(16-5-4-10-21-16)20-15-11-12(2)6-7-13(15)19-17(20)8-9-18/h4-7,10-11,14H,3,8-9H2,1-2H3. The van der Waals surface area contributed by atoms with Gasteiger partial charge in [-0.25, -0.2) is 4.98 Å². The number of alkyl halides is 1. The Bertz CT molecular complexity index is 731. The summed E-state index contributed by atoms with van der Waals surface area (Å²) >= 11 is 7.80. The molecule has 2 heterocycles. The Morgan fingerprint density at radius 1 is 1.33 bits per heavy atom. The summed E-state index contributed by atoms with van der Waals surface area (Å²) in [5.74, 6) is 1.69. The lowest BCUT2D eigenvalue weighted by Gasteiger charge is -2.19. The number of thiophene rings is 1. The van der Waals surface area contributed by atoms with Crippen LogP contribution in [-0.4, -0.2) is 15.4 Å². The first-order valence-corrected chi connectivity index (χ1v) is 8.72. The molecule has 1 unspecified atom stereocenters. The molecule has 3 aromatic rings. The second kappa shape index (κ2) is 6.20. The molecular weight excluding hydrogens is 300 g/mol. The summed E-state index contributed by atoms with van der Waals surface area (Å²) in [6.07, 6.45) is 1.85. The van der Waals surface area contributed by atoms with E-state index in [9.17, 15) is 0 Å². The van der Waals surface area contributed by atoms with Gasteiger partial charge in [0.15, 0.2) is 0 Å². The summed E-state index contributed by atoms with van der Waals surface area (Å²) in [7, 11) is 0. The highest BCUT2D eigenvalue weighted by molar-refractivity contribution is 7.10. The summed E-state index contributed by atoms with van der Waals surface area (Å²) in [6.45, 7) is 4.36. The lowest BCUT2D eigenvalue weighted by atomic mass is 10.1. The average Bonchev–Trinajstić information content (AvgIpc) is 3.10. The monoisotopic (exact) mass is 318 g/mol. The fraction of sp³-hybridized carbons (Fsp3) is 0.353. The zero-order valence-corrected chi connectivity index (χ0v) is 13.9. The first-order chi connectivity index (χ1) is 10.2. The van der Waals surface area contributed by atoms with E-state index in [1.165, 1.54) is 16.0 Å². The number of aryl methyl sites for hydroxylation is 2. The molecule has 0 N–H and O–H groups in total. The summed E-state index contributed by atoms with van der Waals surface area (Å²) in [6, 6.07) is 11.1. The van der Waals surface area contributed by atoms with E-state index in [0.29, 0.717) is 11.9 Å². The Morgan fingerprint density at radius 3 is 2.86 bits per heavy atom. The number of fused-ring (bicyclic) bond motifs is 1. The molecule has 21 heavy (non-hydrogen) atoms. The van der Waals surface area contributed by atoms with Gasteiger partial charge in [0.2, 0.25) is 0 Å². The highest BCUT2D eigenvalue weighted by atomic mass is 35.5. The van der Waals surface area contributed by atoms with Crippen LogP contribution in [0, 0.1) is 6.92 Å². The van der Waals surface area contributed by atoms with E-state index >= 15 is 0 Å². The van der Waals surface area contributed by atoms with Crippen LogP contribution in [0.1, 0.15) is 35.7 Å². The average molecular weight is 319 g/mol. The van der Waals surface area contributed by atoms with Gasteiger partial charge < -0.3 is 4.57 Å². The molecule has 110 valence electrons. The minimum atomic E-state index is 0.343. The van der Waals surface area contributed by atoms with Crippen LogP contribution in [0.2, 0.25) is 0 Å². The van der Waals surface area contributed by atoms with Crippen molar-refractivity contribution in [3.63, 3.8) is 0 Å². The van der Waals surface area contributed by atoms with Crippen molar-refractivity contribution in [3.8, 4) is 0 Å². The number of hydrogen-bond acceptors (Lipinski definition) is 2. The summed E-state index contributed by atoms with van der Waals surface area (Å²) in [5, 5.41) is 2.14. The van der Waals surface area contributed by atoms with Crippen molar-refractivity contribution in [2.24, 2.45) is 0 Å².